The van der Waals surface area contributed by atoms with Crippen molar-refractivity contribution in [2.24, 2.45) is 0 Å². The van der Waals surface area contributed by atoms with Gasteiger partial charge in [0.25, 0.3) is 11.8 Å². The number of para-hydroxylation sites is 1. The van der Waals surface area contributed by atoms with Gasteiger partial charge in [0.1, 0.15) is 5.75 Å². The minimum Gasteiger partial charge on any atom is -0.481 e. The van der Waals surface area contributed by atoms with Gasteiger partial charge in [0.2, 0.25) is 0 Å². The van der Waals surface area contributed by atoms with Crippen LogP contribution in [0.25, 0.3) is 0 Å². The summed E-state index contributed by atoms with van der Waals surface area (Å²) in [5.74, 6) is -0.0161. The maximum absolute atomic E-state index is 12.7. The first-order valence-electron chi connectivity index (χ1n) is 9.07. The van der Waals surface area contributed by atoms with Gasteiger partial charge in [-0.2, -0.15) is 0 Å². The number of benzene rings is 2. The number of ether oxygens (including phenoxy) is 1. The molecule has 0 aliphatic rings. The first kappa shape index (κ1) is 20.8. The maximum Gasteiger partial charge on any atom is 0.265 e. The summed E-state index contributed by atoms with van der Waals surface area (Å²) in [6, 6.07) is 13.9. The molecule has 0 fully saturated rings. The second kappa shape index (κ2) is 9.97. The van der Waals surface area contributed by atoms with E-state index in [-0.39, 0.29) is 17.9 Å². The average Bonchev–Trinajstić information content (AvgIpc) is 2.66. The molecule has 2 atom stereocenters. The van der Waals surface area contributed by atoms with Crippen LogP contribution in [0.15, 0.2) is 48.5 Å². The van der Waals surface area contributed by atoms with Crippen LogP contribution in [0.4, 0.5) is 5.69 Å². The van der Waals surface area contributed by atoms with E-state index in [1.54, 1.807) is 48.5 Å². The molecule has 2 rings (SSSR count). The maximum atomic E-state index is 12.7. The SMILES string of the molecule is CC[C@@H](C)NC(=O)c1ccccc1NC(=O)[C@H](CC)Oc1cccc(Cl)c1. The predicted molar refractivity (Wildman–Crippen MR) is 108 cm³/mol. The average molecular weight is 389 g/mol. The summed E-state index contributed by atoms with van der Waals surface area (Å²) in [5.41, 5.74) is 0.875. The molecule has 27 heavy (non-hydrogen) atoms. The van der Waals surface area contributed by atoms with Crippen LogP contribution >= 0.6 is 11.6 Å². The molecule has 0 bridgehead atoms. The van der Waals surface area contributed by atoms with Crippen LogP contribution in [-0.2, 0) is 4.79 Å². The van der Waals surface area contributed by atoms with Crippen molar-refractivity contribution in [3.63, 3.8) is 0 Å². The van der Waals surface area contributed by atoms with Crippen LogP contribution in [0, 0.1) is 0 Å². The van der Waals surface area contributed by atoms with E-state index in [1.807, 2.05) is 20.8 Å². The van der Waals surface area contributed by atoms with Crippen LogP contribution in [0.1, 0.15) is 44.0 Å². The lowest BCUT2D eigenvalue weighted by Crippen LogP contribution is -2.35. The molecule has 2 amide bonds. The fraction of sp³-hybridized carbons (Fsp3) is 0.333. The standard InChI is InChI=1S/C21H25ClN2O3/c1-4-14(3)23-20(25)17-11-6-7-12-18(17)24-21(26)19(5-2)27-16-10-8-9-15(22)13-16/h6-14,19H,4-5H2,1-3H3,(H,23,25)(H,24,26)/t14-,19+/m1/s1. The van der Waals surface area contributed by atoms with Gasteiger partial charge in [0.05, 0.1) is 11.3 Å². The predicted octanol–water partition coefficient (Wildman–Crippen LogP) is 4.66. The van der Waals surface area contributed by atoms with Gasteiger partial charge in [-0.15, -0.1) is 0 Å². The number of rotatable bonds is 8. The lowest BCUT2D eigenvalue weighted by molar-refractivity contribution is -0.122. The minimum atomic E-state index is -0.700. The van der Waals surface area contributed by atoms with Crippen molar-refractivity contribution in [1.29, 1.82) is 0 Å². The Hall–Kier alpha value is -2.53. The number of anilines is 1. The number of carbonyl (C=O) groups excluding carboxylic acids is 2. The third kappa shape index (κ3) is 6.00. The Morgan fingerprint density at radius 2 is 1.81 bits per heavy atom. The van der Waals surface area contributed by atoms with E-state index in [0.29, 0.717) is 28.4 Å². The van der Waals surface area contributed by atoms with Crippen molar-refractivity contribution in [3.8, 4) is 5.75 Å². The lowest BCUT2D eigenvalue weighted by atomic mass is 10.1. The van der Waals surface area contributed by atoms with Crippen molar-refractivity contribution in [2.75, 3.05) is 5.32 Å². The van der Waals surface area contributed by atoms with Gasteiger partial charge in [0.15, 0.2) is 6.10 Å². The molecule has 2 aromatic rings. The second-order valence-electron chi connectivity index (χ2n) is 6.29. The monoisotopic (exact) mass is 388 g/mol. The zero-order chi connectivity index (χ0) is 19.8. The summed E-state index contributed by atoms with van der Waals surface area (Å²) in [7, 11) is 0. The normalized spacial score (nSPS) is 12.7. The highest BCUT2D eigenvalue weighted by Crippen LogP contribution is 2.21. The molecule has 0 aromatic heterocycles. The van der Waals surface area contributed by atoms with E-state index in [0.717, 1.165) is 6.42 Å². The molecule has 5 nitrogen and oxygen atoms in total. The van der Waals surface area contributed by atoms with Gasteiger partial charge in [-0.1, -0.05) is 43.6 Å². The third-order valence-corrected chi connectivity index (χ3v) is 4.39. The molecule has 0 aliphatic carbocycles. The Labute approximate surface area is 165 Å². The van der Waals surface area contributed by atoms with Crippen molar-refractivity contribution in [3.05, 3.63) is 59.1 Å². The summed E-state index contributed by atoms with van der Waals surface area (Å²) in [4.78, 5) is 25.2. The highest BCUT2D eigenvalue weighted by atomic mass is 35.5. The second-order valence-corrected chi connectivity index (χ2v) is 6.73. The van der Waals surface area contributed by atoms with Gasteiger partial charge in [-0.3, -0.25) is 9.59 Å². The summed E-state index contributed by atoms with van der Waals surface area (Å²) >= 11 is 5.96. The van der Waals surface area contributed by atoms with Crippen LogP contribution in [-0.4, -0.2) is 24.0 Å². The Balaban J connectivity index is 2.13. The Morgan fingerprint density at radius 3 is 2.48 bits per heavy atom. The smallest absolute Gasteiger partial charge is 0.265 e. The van der Waals surface area contributed by atoms with E-state index >= 15 is 0 Å². The first-order valence-corrected chi connectivity index (χ1v) is 9.45. The van der Waals surface area contributed by atoms with Crippen molar-refractivity contribution < 1.29 is 14.3 Å². The number of carbonyl (C=O) groups is 2. The van der Waals surface area contributed by atoms with Gasteiger partial charge in [-0.25, -0.2) is 0 Å². The fourth-order valence-corrected chi connectivity index (χ4v) is 2.61. The highest BCUT2D eigenvalue weighted by molar-refractivity contribution is 6.30. The molecule has 6 heteroatoms. The zero-order valence-electron chi connectivity index (χ0n) is 15.8. The van der Waals surface area contributed by atoms with Crippen molar-refractivity contribution >= 4 is 29.1 Å². The third-order valence-electron chi connectivity index (χ3n) is 4.16. The van der Waals surface area contributed by atoms with Crippen LogP contribution in [0.3, 0.4) is 0 Å². The number of hydrogen-bond donors (Lipinski definition) is 2. The van der Waals surface area contributed by atoms with Crippen molar-refractivity contribution in [1.82, 2.24) is 5.32 Å². The molecule has 0 aliphatic heterocycles. The molecule has 2 N–H and O–H groups in total. The van der Waals surface area contributed by atoms with E-state index in [9.17, 15) is 9.59 Å². The molecule has 0 unspecified atom stereocenters. The van der Waals surface area contributed by atoms with Crippen molar-refractivity contribution in [2.45, 2.75) is 45.8 Å². The summed E-state index contributed by atoms with van der Waals surface area (Å²) in [6.07, 6.45) is 0.597. The molecular formula is C21H25ClN2O3. The minimum absolute atomic E-state index is 0.0517. The van der Waals surface area contributed by atoms with E-state index in [2.05, 4.69) is 10.6 Å². The molecule has 0 radical (unpaired) electrons. The number of amides is 2. The van der Waals surface area contributed by atoms with Gasteiger partial charge >= 0.3 is 0 Å². The van der Waals surface area contributed by atoms with Gasteiger partial charge < -0.3 is 15.4 Å². The fourth-order valence-electron chi connectivity index (χ4n) is 2.43. The molecule has 0 heterocycles. The van der Waals surface area contributed by atoms with E-state index < -0.39 is 6.10 Å². The summed E-state index contributed by atoms with van der Waals surface area (Å²) in [6.45, 7) is 5.79. The summed E-state index contributed by atoms with van der Waals surface area (Å²) < 4.78 is 5.76. The molecule has 2 aromatic carbocycles. The van der Waals surface area contributed by atoms with Crippen LogP contribution in [0.5, 0.6) is 5.75 Å². The summed E-state index contributed by atoms with van der Waals surface area (Å²) in [5, 5.41) is 6.26. The van der Waals surface area contributed by atoms with Crippen LogP contribution < -0.4 is 15.4 Å². The van der Waals surface area contributed by atoms with E-state index in [1.165, 1.54) is 0 Å². The van der Waals surface area contributed by atoms with Crippen LogP contribution in [0.2, 0.25) is 5.02 Å². The van der Waals surface area contributed by atoms with E-state index in [4.69, 9.17) is 16.3 Å². The number of nitrogens with one attached hydrogen (secondary N) is 2. The zero-order valence-corrected chi connectivity index (χ0v) is 16.5. The van der Waals surface area contributed by atoms with Gasteiger partial charge in [-0.05, 0) is 50.1 Å². The quantitative estimate of drug-likeness (QED) is 0.690. The highest BCUT2D eigenvalue weighted by Gasteiger charge is 2.21. The molecule has 0 spiro atoms. The first-order chi connectivity index (χ1) is 12.9. The number of hydrogen-bond acceptors (Lipinski definition) is 3. The Morgan fingerprint density at radius 1 is 1.07 bits per heavy atom. The molecular weight excluding hydrogens is 364 g/mol. The Kier molecular flexibility index (Phi) is 7.67. The van der Waals surface area contributed by atoms with Gasteiger partial charge in [0, 0.05) is 11.1 Å². The lowest BCUT2D eigenvalue weighted by Gasteiger charge is -2.19. The molecule has 0 saturated carbocycles. The number of halogens is 1. The topological polar surface area (TPSA) is 67.4 Å². The molecule has 144 valence electrons. The Bertz CT molecular complexity index is 795. The largest absolute Gasteiger partial charge is 0.481 e. The molecule has 0 saturated heterocycles.